The van der Waals surface area contributed by atoms with Gasteiger partial charge in [0.2, 0.25) is 5.69 Å². The van der Waals surface area contributed by atoms with Gasteiger partial charge in [0.05, 0.1) is 6.42 Å². The number of hydrogen-bond acceptors (Lipinski definition) is 1. The smallest absolute Gasteiger partial charge is 0.209 e. The molecule has 4 rings (SSSR count). The molecule has 0 amide bonds. The van der Waals surface area contributed by atoms with Gasteiger partial charge in [0, 0.05) is 42.1 Å². The van der Waals surface area contributed by atoms with Crippen LogP contribution >= 0.6 is 0 Å². The van der Waals surface area contributed by atoms with Gasteiger partial charge >= 0.3 is 0 Å². The Balaban J connectivity index is 1.58. The Bertz CT molecular complexity index is 886. The maximum absolute atomic E-state index is 2.42. The van der Waals surface area contributed by atoms with Crippen LogP contribution in [0.15, 0.2) is 72.5 Å². The Hall–Kier alpha value is -2.61. The minimum Gasteiger partial charge on any atom is -0.345 e. The van der Waals surface area contributed by atoms with E-state index >= 15 is 0 Å². The van der Waals surface area contributed by atoms with Crippen LogP contribution in [-0.2, 0) is 12.8 Å². The monoisotopic (exact) mass is 329 g/mol. The molecule has 2 aliphatic rings. The first-order valence-corrected chi connectivity index (χ1v) is 9.25. The van der Waals surface area contributed by atoms with Crippen molar-refractivity contribution < 1.29 is 4.58 Å². The summed E-state index contributed by atoms with van der Waals surface area (Å²) < 4.78 is 2.42. The predicted molar refractivity (Wildman–Crippen MR) is 106 cm³/mol. The van der Waals surface area contributed by atoms with Gasteiger partial charge in [0.25, 0.3) is 0 Å². The third kappa shape index (κ3) is 2.82. The first kappa shape index (κ1) is 15.9. The first-order chi connectivity index (χ1) is 12.3. The maximum Gasteiger partial charge on any atom is 0.209 e. The van der Waals surface area contributed by atoms with Gasteiger partial charge in [-0.25, -0.2) is 0 Å². The summed E-state index contributed by atoms with van der Waals surface area (Å²) in [7, 11) is 0. The van der Waals surface area contributed by atoms with Crippen molar-refractivity contribution in [2.75, 3.05) is 18.0 Å². The highest BCUT2D eigenvalue weighted by Crippen LogP contribution is 2.34. The second kappa shape index (κ2) is 6.72. The number of allylic oxidation sites excluding steroid dienone is 4. The topological polar surface area (TPSA) is 6.25 Å². The normalized spacial score (nSPS) is 17.7. The van der Waals surface area contributed by atoms with E-state index in [2.05, 4.69) is 90.1 Å². The molecule has 0 saturated heterocycles. The summed E-state index contributed by atoms with van der Waals surface area (Å²) in [5, 5.41) is 0. The molecule has 0 aromatic heterocycles. The second-order valence-electron chi connectivity index (χ2n) is 6.61. The van der Waals surface area contributed by atoms with E-state index < -0.39 is 0 Å². The fraction of sp³-hybridized carbons (Fsp3) is 0.261. The maximum atomic E-state index is 2.42. The van der Waals surface area contributed by atoms with E-state index in [0.29, 0.717) is 0 Å². The van der Waals surface area contributed by atoms with Crippen LogP contribution in [0, 0.1) is 0 Å². The van der Waals surface area contributed by atoms with E-state index in [1.165, 1.54) is 33.9 Å². The fourth-order valence-electron chi connectivity index (χ4n) is 4.05. The number of fused-ring (bicyclic) bond motifs is 2. The van der Waals surface area contributed by atoms with Crippen molar-refractivity contribution >= 4 is 17.1 Å². The van der Waals surface area contributed by atoms with Crippen LogP contribution in [0.5, 0.6) is 0 Å². The Morgan fingerprint density at radius 3 is 2.52 bits per heavy atom. The van der Waals surface area contributed by atoms with E-state index in [4.69, 9.17) is 0 Å². The van der Waals surface area contributed by atoms with Gasteiger partial charge in [-0.1, -0.05) is 42.5 Å². The third-order valence-corrected chi connectivity index (χ3v) is 5.21. The van der Waals surface area contributed by atoms with Crippen LogP contribution in [0.3, 0.4) is 0 Å². The third-order valence-electron chi connectivity index (χ3n) is 5.21. The number of nitrogens with zero attached hydrogens (tertiary/aromatic N) is 2. The Morgan fingerprint density at radius 1 is 0.960 bits per heavy atom. The van der Waals surface area contributed by atoms with Gasteiger partial charge in [-0.05, 0) is 31.6 Å². The molecule has 2 heterocycles. The molecule has 0 aliphatic carbocycles. The van der Waals surface area contributed by atoms with Crippen molar-refractivity contribution in [1.29, 1.82) is 0 Å². The highest BCUT2D eigenvalue weighted by molar-refractivity contribution is 5.96. The zero-order chi connectivity index (χ0) is 17.2. The zero-order valence-electron chi connectivity index (χ0n) is 15.1. The molecular formula is C23H25N2+. The highest BCUT2D eigenvalue weighted by atomic mass is 15.2. The summed E-state index contributed by atoms with van der Waals surface area (Å²) in [5.74, 6) is 0. The summed E-state index contributed by atoms with van der Waals surface area (Å²) in [6.07, 6.45) is 8.86. The van der Waals surface area contributed by atoms with E-state index in [9.17, 15) is 0 Å². The number of likely N-dealkylation sites (N-methyl/N-ethyl adjacent to an activating group) is 1. The van der Waals surface area contributed by atoms with Crippen LogP contribution < -0.4 is 4.90 Å². The number of para-hydroxylation sites is 2. The molecule has 2 aliphatic heterocycles. The molecule has 0 N–H and O–H groups in total. The molecule has 25 heavy (non-hydrogen) atoms. The number of anilines is 1. The van der Waals surface area contributed by atoms with E-state index in [0.717, 1.165) is 25.9 Å². The van der Waals surface area contributed by atoms with Crippen LogP contribution in [0.2, 0.25) is 0 Å². The average molecular weight is 329 g/mol. The average Bonchev–Trinajstić information content (AvgIpc) is 3.18. The highest BCUT2D eigenvalue weighted by Gasteiger charge is 2.26. The summed E-state index contributed by atoms with van der Waals surface area (Å²) >= 11 is 0. The van der Waals surface area contributed by atoms with Gasteiger partial charge < -0.3 is 4.90 Å². The lowest BCUT2D eigenvalue weighted by atomic mass is 10.1. The van der Waals surface area contributed by atoms with Crippen molar-refractivity contribution in [3.8, 4) is 0 Å². The minimum absolute atomic E-state index is 1.01. The number of hydrogen-bond donors (Lipinski definition) is 0. The van der Waals surface area contributed by atoms with Gasteiger partial charge in [-0.3, -0.25) is 0 Å². The lowest BCUT2D eigenvalue weighted by Gasteiger charge is -2.18. The van der Waals surface area contributed by atoms with Crippen molar-refractivity contribution in [3.63, 3.8) is 0 Å². The molecule has 0 bridgehead atoms. The molecule has 2 nitrogen and oxygen atoms in total. The molecule has 0 spiro atoms. The summed E-state index contributed by atoms with van der Waals surface area (Å²) in [6.45, 7) is 6.47. The molecule has 0 fully saturated rings. The van der Waals surface area contributed by atoms with E-state index in [-0.39, 0.29) is 0 Å². The van der Waals surface area contributed by atoms with Gasteiger partial charge in [-0.2, -0.15) is 4.58 Å². The molecule has 2 aromatic carbocycles. The summed E-state index contributed by atoms with van der Waals surface area (Å²) in [4.78, 5) is 2.42. The standard InChI is InChI=1S/C23H25N2/c1-3-24-20(16-18-10-5-7-14-22(18)24)12-9-13-21-17-19-11-6-8-15-23(19)25(21)4-2/h5-15H,3-4,16-17H2,1-2H3/q+1. The lowest BCUT2D eigenvalue weighted by molar-refractivity contribution is -0.432. The SMILES string of the molecule is CCN1/C(=C/C=C/C2=[N+](CC)c3ccccc3C2)Cc2ccccc21. The largest absolute Gasteiger partial charge is 0.345 e. The fourth-order valence-corrected chi connectivity index (χ4v) is 4.05. The molecule has 2 heteroatoms. The Labute approximate surface area is 150 Å². The van der Waals surface area contributed by atoms with Crippen LogP contribution in [0.4, 0.5) is 11.4 Å². The van der Waals surface area contributed by atoms with Gasteiger partial charge in [0.1, 0.15) is 6.54 Å². The first-order valence-electron chi connectivity index (χ1n) is 9.25. The molecule has 2 aromatic rings. The van der Waals surface area contributed by atoms with Crippen molar-refractivity contribution in [2.45, 2.75) is 26.7 Å². The Morgan fingerprint density at radius 2 is 1.72 bits per heavy atom. The van der Waals surface area contributed by atoms with Gasteiger partial charge in [-0.15, -0.1) is 0 Å². The van der Waals surface area contributed by atoms with Crippen LogP contribution in [-0.4, -0.2) is 23.4 Å². The van der Waals surface area contributed by atoms with E-state index in [1.807, 2.05) is 0 Å². The summed E-state index contributed by atoms with van der Waals surface area (Å²) in [5.41, 5.74) is 8.36. The number of rotatable bonds is 4. The zero-order valence-corrected chi connectivity index (χ0v) is 15.1. The van der Waals surface area contributed by atoms with Crippen molar-refractivity contribution in [2.24, 2.45) is 0 Å². The molecule has 126 valence electrons. The quantitative estimate of drug-likeness (QED) is 0.725. The molecule has 0 radical (unpaired) electrons. The predicted octanol–water partition coefficient (Wildman–Crippen LogP) is 4.87. The van der Waals surface area contributed by atoms with Gasteiger partial charge in [0.15, 0.2) is 5.71 Å². The molecular weight excluding hydrogens is 304 g/mol. The van der Waals surface area contributed by atoms with Crippen LogP contribution in [0.25, 0.3) is 0 Å². The van der Waals surface area contributed by atoms with Crippen molar-refractivity contribution in [1.82, 2.24) is 0 Å². The molecule has 0 saturated carbocycles. The van der Waals surface area contributed by atoms with E-state index in [1.54, 1.807) is 0 Å². The summed E-state index contributed by atoms with van der Waals surface area (Å²) in [6, 6.07) is 17.5. The lowest BCUT2D eigenvalue weighted by Crippen LogP contribution is -2.17. The van der Waals surface area contributed by atoms with Crippen molar-refractivity contribution in [3.05, 3.63) is 83.6 Å². The second-order valence-corrected chi connectivity index (χ2v) is 6.61. The molecule has 0 unspecified atom stereocenters. The Kier molecular flexibility index (Phi) is 4.27. The minimum atomic E-state index is 1.01. The molecule has 0 atom stereocenters. The van der Waals surface area contributed by atoms with Crippen LogP contribution in [0.1, 0.15) is 25.0 Å². The number of benzene rings is 2.